The molecule has 4 aromatic rings. The number of hydrogen-bond acceptors (Lipinski definition) is 3. The molecule has 0 aliphatic heterocycles. The highest BCUT2D eigenvalue weighted by atomic mass is 16.2. The minimum atomic E-state index is -0.249. The number of aryl methyl sites for hydroxylation is 1. The monoisotopic (exact) mass is 416 g/mol. The molecule has 1 N–H and O–H groups in total. The Kier molecular flexibility index (Phi) is 6.16. The Morgan fingerprint density at radius 2 is 1.81 bits per heavy atom. The Morgan fingerprint density at radius 3 is 2.61 bits per heavy atom. The van der Waals surface area contributed by atoms with Crippen molar-refractivity contribution in [1.29, 1.82) is 0 Å². The maximum absolute atomic E-state index is 12.5. The number of carbonyl (C=O) groups is 1. The quantitative estimate of drug-likeness (QED) is 0.476. The van der Waals surface area contributed by atoms with Crippen LogP contribution in [0, 0.1) is 5.92 Å². The summed E-state index contributed by atoms with van der Waals surface area (Å²) < 4.78 is 3.53. The zero-order chi connectivity index (χ0) is 21.8. The molecule has 0 unspecified atom stereocenters. The van der Waals surface area contributed by atoms with Gasteiger partial charge in [0, 0.05) is 35.6 Å². The largest absolute Gasteiger partial charge is 0.354 e. The van der Waals surface area contributed by atoms with Crippen molar-refractivity contribution in [1.82, 2.24) is 19.7 Å². The van der Waals surface area contributed by atoms with E-state index in [-0.39, 0.29) is 18.0 Å². The Bertz CT molecular complexity index is 1270. The number of carbonyl (C=O) groups excluding carboxylic acids is 1. The zero-order valence-electron chi connectivity index (χ0n) is 18.0. The van der Waals surface area contributed by atoms with Gasteiger partial charge < -0.3 is 9.88 Å². The van der Waals surface area contributed by atoms with E-state index in [0.717, 1.165) is 24.8 Å². The zero-order valence-corrected chi connectivity index (χ0v) is 18.0. The molecule has 0 saturated heterocycles. The Hall–Kier alpha value is -3.41. The van der Waals surface area contributed by atoms with E-state index in [0.29, 0.717) is 17.8 Å². The van der Waals surface area contributed by atoms with Crippen LogP contribution in [0.5, 0.6) is 0 Å². The average Bonchev–Trinajstić information content (AvgIpc) is 3.12. The van der Waals surface area contributed by atoms with Crippen molar-refractivity contribution in [3.8, 4) is 0 Å². The Morgan fingerprint density at radius 1 is 1.06 bits per heavy atom. The van der Waals surface area contributed by atoms with Crippen LogP contribution < -0.4 is 10.9 Å². The van der Waals surface area contributed by atoms with Gasteiger partial charge >= 0.3 is 0 Å². The predicted molar refractivity (Wildman–Crippen MR) is 124 cm³/mol. The lowest BCUT2D eigenvalue weighted by Crippen LogP contribution is -2.34. The van der Waals surface area contributed by atoms with Crippen molar-refractivity contribution in [2.24, 2.45) is 5.92 Å². The van der Waals surface area contributed by atoms with Gasteiger partial charge in [0.25, 0.3) is 5.56 Å². The van der Waals surface area contributed by atoms with Gasteiger partial charge in [0.1, 0.15) is 6.54 Å². The van der Waals surface area contributed by atoms with Crippen molar-refractivity contribution < 1.29 is 4.79 Å². The summed E-state index contributed by atoms with van der Waals surface area (Å²) in [4.78, 5) is 25.0. The van der Waals surface area contributed by atoms with Crippen LogP contribution in [0.2, 0.25) is 0 Å². The summed E-state index contributed by atoms with van der Waals surface area (Å²) in [7, 11) is 0. The third kappa shape index (κ3) is 4.68. The molecule has 31 heavy (non-hydrogen) atoms. The average molecular weight is 417 g/mol. The number of nitrogens with zero attached hydrogens (tertiary/aromatic N) is 3. The first-order valence-corrected chi connectivity index (χ1v) is 10.8. The van der Waals surface area contributed by atoms with Crippen molar-refractivity contribution in [3.05, 3.63) is 76.8 Å². The van der Waals surface area contributed by atoms with Gasteiger partial charge in [0.2, 0.25) is 5.91 Å². The first-order chi connectivity index (χ1) is 15.0. The molecule has 0 radical (unpaired) electrons. The van der Waals surface area contributed by atoms with Crippen LogP contribution in [-0.4, -0.2) is 26.8 Å². The summed E-state index contributed by atoms with van der Waals surface area (Å²) >= 11 is 0. The summed E-state index contributed by atoms with van der Waals surface area (Å²) in [5, 5.41) is 9.64. The summed E-state index contributed by atoms with van der Waals surface area (Å²) in [5.74, 6) is 0.435. The smallest absolute Gasteiger partial charge is 0.275 e. The summed E-state index contributed by atoms with van der Waals surface area (Å²) in [6.07, 6.45) is 5.69. The maximum atomic E-state index is 12.5. The Balaban J connectivity index is 1.40. The van der Waals surface area contributed by atoms with E-state index < -0.39 is 0 Å². The standard InChI is InChI=1S/C25H28N4O2/c1-18(2)12-14-28-16-20(21-8-5-6-10-23(21)28)11-13-26-24(30)17-29-25(31)22-9-4-3-7-19(22)15-27-29/h3-10,15-16,18H,11-14,17H2,1-2H3,(H,26,30). The normalized spacial score (nSPS) is 11.5. The van der Waals surface area contributed by atoms with Gasteiger partial charge in [-0.3, -0.25) is 9.59 Å². The topological polar surface area (TPSA) is 68.9 Å². The van der Waals surface area contributed by atoms with Gasteiger partial charge in [0.05, 0.1) is 11.6 Å². The summed E-state index contributed by atoms with van der Waals surface area (Å²) in [5.41, 5.74) is 2.21. The molecule has 4 rings (SSSR count). The number of amides is 1. The number of rotatable bonds is 8. The highest BCUT2D eigenvalue weighted by Crippen LogP contribution is 2.22. The van der Waals surface area contributed by atoms with Crippen molar-refractivity contribution >= 4 is 27.6 Å². The molecular formula is C25H28N4O2. The van der Waals surface area contributed by atoms with E-state index >= 15 is 0 Å². The van der Waals surface area contributed by atoms with E-state index in [1.165, 1.54) is 21.1 Å². The molecule has 0 atom stereocenters. The molecule has 6 heteroatoms. The molecule has 0 fully saturated rings. The molecule has 0 aliphatic rings. The van der Waals surface area contributed by atoms with E-state index in [1.54, 1.807) is 12.3 Å². The van der Waals surface area contributed by atoms with Gasteiger partial charge in [0.15, 0.2) is 0 Å². The third-order valence-electron chi connectivity index (χ3n) is 5.59. The van der Waals surface area contributed by atoms with Crippen LogP contribution in [0.25, 0.3) is 21.7 Å². The number of benzene rings is 2. The summed E-state index contributed by atoms with van der Waals surface area (Å²) in [6, 6.07) is 15.7. The number of aromatic nitrogens is 3. The first-order valence-electron chi connectivity index (χ1n) is 10.8. The molecule has 160 valence electrons. The van der Waals surface area contributed by atoms with Crippen LogP contribution >= 0.6 is 0 Å². The second-order valence-corrected chi connectivity index (χ2v) is 8.34. The van der Waals surface area contributed by atoms with Crippen molar-refractivity contribution in [2.75, 3.05) is 6.54 Å². The number of fused-ring (bicyclic) bond motifs is 2. The molecule has 0 spiro atoms. The van der Waals surface area contributed by atoms with Crippen LogP contribution in [-0.2, 0) is 24.3 Å². The predicted octanol–water partition coefficient (Wildman–Crippen LogP) is 3.76. The number of hydrogen-bond donors (Lipinski definition) is 1. The minimum Gasteiger partial charge on any atom is -0.354 e. The lowest BCUT2D eigenvalue weighted by molar-refractivity contribution is -0.121. The number of nitrogens with one attached hydrogen (secondary N) is 1. The lowest BCUT2D eigenvalue weighted by Gasteiger charge is -2.07. The molecule has 6 nitrogen and oxygen atoms in total. The third-order valence-corrected chi connectivity index (χ3v) is 5.59. The molecular weight excluding hydrogens is 388 g/mol. The first kappa shape index (κ1) is 20.8. The van der Waals surface area contributed by atoms with Crippen LogP contribution in [0.4, 0.5) is 0 Å². The van der Waals surface area contributed by atoms with Gasteiger partial charge in [-0.25, -0.2) is 4.68 Å². The Labute approximate surface area is 181 Å². The van der Waals surface area contributed by atoms with E-state index in [9.17, 15) is 9.59 Å². The molecule has 2 aromatic carbocycles. The molecule has 0 bridgehead atoms. The molecule has 1 amide bonds. The summed E-state index contributed by atoms with van der Waals surface area (Å²) in [6.45, 7) is 5.88. The van der Waals surface area contributed by atoms with Crippen LogP contribution in [0.1, 0.15) is 25.8 Å². The van der Waals surface area contributed by atoms with E-state index in [2.05, 4.69) is 59.3 Å². The van der Waals surface area contributed by atoms with Crippen LogP contribution in [0.3, 0.4) is 0 Å². The minimum absolute atomic E-state index is 0.0835. The van der Waals surface area contributed by atoms with Gasteiger partial charge in [-0.2, -0.15) is 5.10 Å². The maximum Gasteiger partial charge on any atom is 0.275 e. The van der Waals surface area contributed by atoms with Gasteiger partial charge in [-0.15, -0.1) is 0 Å². The van der Waals surface area contributed by atoms with Crippen molar-refractivity contribution in [3.63, 3.8) is 0 Å². The highest BCUT2D eigenvalue weighted by molar-refractivity contribution is 5.84. The van der Waals surface area contributed by atoms with Crippen LogP contribution in [0.15, 0.2) is 65.7 Å². The SMILES string of the molecule is CC(C)CCn1cc(CCNC(=O)Cn2ncc3ccccc3c2=O)c2ccccc21. The second-order valence-electron chi connectivity index (χ2n) is 8.34. The fourth-order valence-electron chi connectivity index (χ4n) is 3.87. The fourth-order valence-corrected chi connectivity index (χ4v) is 3.87. The van der Waals surface area contributed by atoms with Crippen molar-refractivity contribution in [2.45, 2.75) is 39.8 Å². The second kappa shape index (κ2) is 9.16. The van der Waals surface area contributed by atoms with Gasteiger partial charge in [-0.05, 0) is 36.5 Å². The van der Waals surface area contributed by atoms with E-state index in [1.807, 2.05) is 18.2 Å². The molecule has 0 saturated carbocycles. The molecule has 0 aliphatic carbocycles. The van der Waals surface area contributed by atoms with E-state index in [4.69, 9.17) is 0 Å². The molecule has 2 aromatic heterocycles. The fraction of sp³-hybridized carbons (Fsp3) is 0.320. The highest BCUT2D eigenvalue weighted by Gasteiger charge is 2.11. The lowest BCUT2D eigenvalue weighted by atomic mass is 10.1. The molecule has 2 heterocycles. The number of para-hydroxylation sites is 1. The van der Waals surface area contributed by atoms with Gasteiger partial charge in [-0.1, -0.05) is 50.2 Å².